The smallest absolute Gasteiger partial charge is 0.422 e. The number of nitrogens with one attached hydrogen (secondary N) is 1. The molecule has 0 fully saturated rings. The highest BCUT2D eigenvalue weighted by atomic mass is 19.4. The van der Waals surface area contributed by atoms with Crippen molar-refractivity contribution in [3.63, 3.8) is 0 Å². The van der Waals surface area contributed by atoms with Crippen LogP contribution in [0.4, 0.5) is 13.2 Å². The fourth-order valence-corrected chi connectivity index (χ4v) is 0.444. The van der Waals surface area contributed by atoms with Crippen LogP contribution in [0.25, 0.3) is 0 Å². The van der Waals surface area contributed by atoms with Crippen LogP contribution in [-0.2, 0) is 0 Å². The van der Waals surface area contributed by atoms with Crippen molar-refractivity contribution < 1.29 is 17.9 Å². The van der Waals surface area contributed by atoms with Crippen LogP contribution in [0.2, 0.25) is 0 Å². The van der Waals surface area contributed by atoms with Crippen molar-refractivity contribution in [3.8, 4) is 5.75 Å². The largest absolute Gasteiger partial charge is 0.480 e. The van der Waals surface area contributed by atoms with Crippen molar-refractivity contribution >= 4 is 0 Å². The lowest BCUT2D eigenvalue weighted by atomic mass is 10.6. The summed E-state index contributed by atoms with van der Waals surface area (Å²) >= 11 is 0. The molecule has 0 aliphatic heterocycles. The summed E-state index contributed by atoms with van der Waals surface area (Å²) < 4.78 is 38.7. The maximum absolute atomic E-state index is 11.5. The summed E-state index contributed by atoms with van der Waals surface area (Å²) in [6.07, 6.45) is -0.946. The van der Waals surface area contributed by atoms with Crippen LogP contribution in [0, 0.1) is 6.20 Å². The summed E-state index contributed by atoms with van der Waals surface area (Å²) in [4.78, 5) is 0. The number of H-pyrrole nitrogens is 1. The number of hydrogen-bond acceptors (Lipinski definition) is 2. The van der Waals surface area contributed by atoms with Gasteiger partial charge in [-0.05, 0) is 0 Å². The number of aromatic amines is 1. The van der Waals surface area contributed by atoms with Crippen molar-refractivity contribution in [2.45, 2.75) is 6.18 Å². The molecule has 0 unspecified atom stereocenters. The average molecular weight is 165 g/mol. The highest BCUT2D eigenvalue weighted by Crippen LogP contribution is 2.16. The summed E-state index contributed by atoms with van der Waals surface area (Å²) in [6.45, 7) is -1.32. The van der Waals surface area contributed by atoms with Crippen molar-refractivity contribution in [2.24, 2.45) is 0 Å². The van der Waals surface area contributed by atoms with Crippen LogP contribution < -0.4 is 4.74 Å². The SMILES string of the molecule is FC(F)(F)COc1[c]n[nH]c1. The van der Waals surface area contributed by atoms with Crippen LogP contribution in [-0.4, -0.2) is 23.0 Å². The molecule has 1 heterocycles. The van der Waals surface area contributed by atoms with Crippen LogP contribution >= 0.6 is 0 Å². The minimum absolute atomic E-state index is 0.0395. The van der Waals surface area contributed by atoms with Crippen molar-refractivity contribution in [1.82, 2.24) is 10.2 Å². The maximum atomic E-state index is 11.5. The second kappa shape index (κ2) is 2.81. The van der Waals surface area contributed by atoms with Crippen LogP contribution in [0.15, 0.2) is 6.20 Å². The van der Waals surface area contributed by atoms with Crippen molar-refractivity contribution in [3.05, 3.63) is 12.4 Å². The molecule has 61 valence electrons. The molecule has 0 bridgehead atoms. The van der Waals surface area contributed by atoms with Crippen LogP contribution in [0.1, 0.15) is 0 Å². The van der Waals surface area contributed by atoms with E-state index in [-0.39, 0.29) is 5.75 Å². The zero-order valence-electron chi connectivity index (χ0n) is 5.27. The van der Waals surface area contributed by atoms with Gasteiger partial charge in [0.15, 0.2) is 18.6 Å². The van der Waals surface area contributed by atoms with Crippen molar-refractivity contribution in [2.75, 3.05) is 6.61 Å². The Morgan fingerprint density at radius 3 is 2.82 bits per heavy atom. The quantitative estimate of drug-likeness (QED) is 0.713. The predicted molar refractivity (Wildman–Crippen MR) is 29.0 cm³/mol. The van der Waals surface area contributed by atoms with E-state index in [0.717, 1.165) is 0 Å². The molecule has 0 aliphatic rings. The lowest BCUT2D eigenvalue weighted by Crippen LogP contribution is -2.18. The number of hydrogen-bond donors (Lipinski definition) is 1. The Kier molecular flexibility index (Phi) is 2.02. The second-order valence-electron chi connectivity index (χ2n) is 1.77. The molecule has 0 aromatic carbocycles. The molecule has 0 atom stereocenters. The van der Waals surface area contributed by atoms with E-state index in [0.29, 0.717) is 0 Å². The molecule has 0 spiro atoms. The molecule has 1 aromatic rings. The first kappa shape index (κ1) is 7.90. The normalized spacial score (nSPS) is 11.5. The summed E-state index contributed by atoms with van der Waals surface area (Å²) in [7, 11) is 0. The Balaban J connectivity index is 2.35. The summed E-state index contributed by atoms with van der Waals surface area (Å²) in [5.74, 6) is -0.0395. The van der Waals surface area contributed by atoms with E-state index in [2.05, 4.69) is 21.1 Å². The van der Waals surface area contributed by atoms with E-state index in [1.54, 1.807) is 0 Å². The molecular weight excluding hydrogens is 161 g/mol. The van der Waals surface area contributed by atoms with Crippen molar-refractivity contribution in [1.29, 1.82) is 0 Å². The van der Waals surface area contributed by atoms with E-state index in [1.165, 1.54) is 6.20 Å². The van der Waals surface area contributed by atoms with Gasteiger partial charge in [0.2, 0.25) is 0 Å². The number of ether oxygens (including phenoxy) is 1. The van der Waals surface area contributed by atoms with E-state index in [1.807, 2.05) is 0 Å². The average Bonchev–Trinajstić information content (AvgIpc) is 2.32. The Labute approximate surface area is 60.2 Å². The van der Waals surface area contributed by atoms with E-state index in [4.69, 9.17) is 0 Å². The first-order valence-corrected chi connectivity index (χ1v) is 2.69. The molecule has 1 radical (unpaired) electrons. The number of halogens is 3. The summed E-state index contributed by atoms with van der Waals surface area (Å²) in [6, 6.07) is 0. The number of alkyl halides is 3. The third-order valence-electron chi connectivity index (χ3n) is 0.818. The second-order valence-corrected chi connectivity index (χ2v) is 1.77. The predicted octanol–water partition coefficient (Wildman–Crippen LogP) is 1.15. The molecule has 1 aromatic heterocycles. The van der Waals surface area contributed by atoms with Crippen LogP contribution in [0.5, 0.6) is 5.75 Å². The summed E-state index contributed by atoms with van der Waals surface area (Å²) in [5.41, 5.74) is 0. The Bertz CT molecular complexity index is 206. The third kappa shape index (κ3) is 2.92. The molecule has 1 N–H and O–H groups in total. The lowest BCUT2D eigenvalue weighted by molar-refractivity contribution is -0.153. The Morgan fingerprint density at radius 2 is 2.36 bits per heavy atom. The highest BCUT2D eigenvalue weighted by Gasteiger charge is 2.28. The van der Waals surface area contributed by atoms with Gasteiger partial charge < -0.3 is 4.74 Å². The molecule has 0 aliphatic carbocycles. The highest BCUT2D eigenvalue weighted by molar-refractivity contribution is 5.08. The zero-order valence-corrected chi connectivity index (χ0v) is 5.27. The standard InChI is InChI=1S/C5H4F3N2O/c6-5(7,8)3-11-4-1-9-10-2-4/h1H,3H2,(H,9,10). The molecule has 0 saturated heterocycles. The molecule has 6 heteroatoms. The Hall–Kier alpha value is -1.20. The molecule has 0 amide bonds. The first-order chi connectivity index (χ1) is 5.08. The number of aromatic nitrogens is 2. The van der Waals surface area contributed by atoms with E-state index in [9.17, 15) is 13.2 Å². The zero-order chi connectivity index (χ0) is 8.32. The minimum Gasteiger partial charge on any atom is -0.480 e. The van der Waals surface area contributed by atoms with Gasteiger partial charge in [-0.1, -0.05) is 0 Å². The monoisotopic (exact) mass is 165 g/mol. The van der Waals surface area contributed by atoms with Gasteiger partial charge in [-0.15, -0.1) is 0 Å². The molecule has 11 heavy (non-hydrogen) atoms. The maximum Gasteiger partial charge on any atom is 0.422 e. The first-order valence-electron chi connectivity index (χ1n) is 2.69. The van der Waals surface area contributed by atoms with Gasteiger partial charge in [-0.3, -0.25) is 5.10 Å². The van der Waals surface area contributed by atoms with E-state index >= 15 is 0 Å². The van der Waals surface area contributed by atoms with Gasteiger partial charge in [-0.25, -0.2) is 0 Å². The molecule has 3 nitrogen and oxygen atoms in total. The van der Waals surface area contributed by atoms with Crippen LogP contribution in [0.3, 0.4) is 0 Å². The van der Waals surface area contributed by atoms with Gasteiger partial charge >= 0.3 is 6.18 Å². The minimum atomic E-state index is -4.31. The van der Waals surface area contributed by atoms with Gasteiger partial charge in [0.1, 0.15) is 0 Å². The van der Waals surface area contributed by atoms with Gasteiger partial charge in [0, 0.05) is 0 Å². The topological polar surface area (TPSA) is 37.9 Å². The van der Waals surface area contributed by atoms with E-state index < -0.39 is 12.8 Å². The molecule has 1 rings (SSSR count). The summed E-state index contributed by atoms with van der Waals surface area (Å²) in [5, 5.41) is 5.55. The van der Waals surface area contributed by atoms with Gasteiger partial charge in [-0.2, -0.15) is 18.3 Å². The lowest BCUT2D eigenvalue weighted by Gasteiger charge is -2.05. The molecule has 0 saturated carbocycles. The third-order valence-corrected chi connectivity index (χ3v) is 0.818. The Morgan fingerprint density at radius 1 is 1.64 bits per heavy atom. The number of nitrogens with zero attached hydrogens (tertiary/aromatic N) is 1. The van der Waals surface area contributed by atoms with Gasteiger partial charge in [0.25, 0.3) is 0 Å². The fourth-order valence-electron chi connectivity index (χ4n) is 0.444. The molecular formula is C5H4F3N2O. The number of rotatable bonds is 2. The van der Waals surface area contributed by atoms with Gasteiger partial charge in [0.05, 0.1) is 6.20 Å². The fraction of sp³-hybridized carbons (Fsp3) is 0.400.